The van der Waals surface area contributed by atoms with E-state index in [4.69, 9.17) is 0 Å². The Morgan fingerprint density at radius 2 is 2.25 bits per heavy atom. The molecule has 0 aliphatic rings. The van der Waals surface area contributed by atoms with E-state index in [2.05, 4.69) is 56.0 Å². The topological polar surface area (TPSA) is 42.0 Å². The second kappa shape index (κ2) is 6.35. The first-order valence-electron chi connectivity index (χ1n) is 5.03. The van der Waals surface area contributed by atoms with Gasteiger partial charge >= 0.3 is 0 Å². The van der Waals surface area contributed by atoms with Gasteiger partial charge in [-0.25, -0.2) is 4.98 Å². The Kier molecular flexibility index (Phi) is 5.41. The summed E-state index contributed by atoms with van der Waals surface area (Å²) in [6.07, 6.45) is 1.61. The van der Waals surface area contributed by atoms with Crippen molar-refractivity contribution in [3.63, 3.8) is 0 Å². The molecular formula is C11H14Br2N2O. The third-order valence-corrected chi connectivity index (χ3v) is 3.60. The van der Waals surface area contributed by atoms with Gasteiger partial charge in [0, 0.05) is 22.0 Å². The highest BCUT2D eigenvalue weighted by atomic mass is 79.9. The maximum atomic E-state index is 11.9. The first-order valence-corrected chi connectivity index (χ1v) is 6.95. The number of pyridine rings is 1. The fraction of sp³-hybridized carbons (Fsp3) is 0.455. The smallest absolute Gasteiger partial charge is 0.271 e. The normalized spacial score (nSPS) is 12.6. The molecule has 0 fully saturated rings. The molecule has 1 heterocycles. The quantitative estimate of drug-likeness (QED) is 0.849. The van der Waals surface area contributed by atoms with E-state index in [1.54, 1.807) is 18.3 Å². The number of nitrogens with zero attached hydrogens (tertiary/aromatic N) is 1. The molecule has 0 saturated carbocycles. The number of rotatable bonds is 4. The van der Waals surface area contributed by atoms with Crippen molar-refractivity contribution in [1.82, 2.24) is 10.3 Å². The van der Waals surface area contributed by atoms with Gasteiger partial charge in [-0.2, -0.15) is 0 Å². The van der Waals surface area contributed by atoms with Crippen molar-refractivity contribution in [2.24, 2.45) is 5.92 Å². The van der Waals surface area contributed by atoms with Gasteiger partial charge in [-0.1, -0.05) is 29.8 Å². The predicted molar refractivity (Wildman–Crippen MR) is 71.8 cm³/mol. The fourth-order valence-electron chi connectivity index (χ4n) is 1.17. The number of nitrogens with one attached hydrogen (secondary N) is 1. The van der Waals surface area contributed by atoms with Crippen molar-refractivity contribution < 1.29 is 4.79 Å². The average Bonchev–Trinajstić information content (AvgIpc) is 2.25. The molecule has 0 aliphatic heterocycles. The van der Waals surface area contributed by atoms with Crippen LogP contribution in [-0.2, 0) is 0 Å². The third kappa shape index (κ3) is 3.56. The van der Waals surface area contributed by atoms with Gasteiger partial charge in [0.05, 0.1) is 0 Å². The fourth-order valence-corrected chi connectivity index (χ4v) is 2.52. The van der Waals surface area contributed by atoms with Crippen molar-refractivity contribution in [3.8, 4) is 0 Å². The molecule has 0 bridgehead atoms. The lowest BCUT2D eigenvalue weighted by molar-refractivity contribution is 0.0926. The summed E-state index contributed by atoms with van der Waals surface area (Å²) in [7, 11) is 0. The van der Waals surface area contributed by atoms with Crippen LogP contribution in [0.15, 0.2) is 22.8 Å². The minimum Gasteiger partial charge on any atom is -0.347 e. The molecule has 0 spiro atoms. The van der Waals surface area contributed by atoms with E-state index in [9.17, 15) is 4.79 Å². The molecule has 1 atom stereocenters. The molecule has 1 unspecified atom stereocenters. The van der Waals surface area contributed by atoms with E-state index in [1.165, 1.54) is 0 Å². The maximum absolute atomic E-state index is 11.9. The molecular weight excluding hydrogens is 336 g/mol. The van der Waals surface area contributed by atoms with Crippen molar-refractivity contribution in [2.45, 2.75) is 19.9 Å². The van der Waals surface area contributed by atoms with Crippen molar-refractivity contribution >= 4 is 37.8 Å². The van der Waals surface area contributed by atoms with E-state index in [1.807, 2.05) is 0 Å². The number of alkyl halides is 1. The number of carbonyl (C=O) groups is 1. The predicted octanol–water partition coefficient (Wildman–Crippen LogP) is 2.99. The molecule has 0 radical (unpaired) electrons. The Labute approximate surface area is 112 Å². The number of hydrogen-bond donors (Lipinski definition) is 1. The molecule has 0 aliphatic carbocycles. The van der Waals surface area contributed by atoms with E-state index in [0.717, 1.165) is 5.33 Å². The van der Waals surface area contributed by atoms with Crippen LogP contribution in [0.25, 0.3) is 0 Å². The first-order chi connectivity index (χ1) is 7.56. The zero-order valence-electron chi connectivity index (χ0n) is 9.21. The highest BCUT2D eigenvalue weighted by Crippen LogP contribution is 2.14. The molecule has 1 aromatic rings. The molecule has 1 aromatic heterocycles. The van der Waals surface area contributed by atoms with E-state index in [-0.39, 0.29) is 11.9 Å². The van der Waals surface area contributed by atoms with Crippen LogP contribution in [0.2, 0.25) is 0 Å². The molecule has 1 amide bonds. The standard InChI is InChI=1S/C11H14Br2N2O/c1-7(2)9(6-12)15-11(16)10-8(13)4-3-5-14-10/h3-5,7,9H,6H2,1-2H3,(H,15,16). The molecule has 1 rings (SSSR count). The van der Waals surface area contributed by atoms with Gasteiger partial charge in [-0.3, -0.25) is 4.79 Å². The number of amides is 1. The monoisotopic (exact) mass is 348 g/mol. The minimum atomic E-state index is -0.148. The summed E-state index contributed by atoms with van der Waals surface area (Å²) in [4.78, 5) is 16.0. The van der Waals surface area contributed by atoms with Crippen LogP contribution in [0, 0.1) is 5.92 Å². The number of aromatic nitrogens is 1. The molecule has 3 nitrogen and oxygen atoms in total. The zero-order chi connectivity index (χ0) is 12.1. The van der Waals surface area contributed by atoms with Crippen molar-refractivity contribution in [1.29, 1.82) is 0 Å². The van der Waals surface area contributed by atoms with E-state index in [0.29, 0.717) is 16.1 Å². The summed E-state index contributed by atoms with van der Waals surface area (Å²) < 4.78 is 0.713. The molecule has 88 valence electrons. The second-order valence-corrected chi connectivity index (χ2v) is 5.31. The lowest BCUT2D eigenvalue weighted by Crippen LogP contribution is -2.40. The molecule has 0 aromatic carbocycles. The lowest BCUT2D eigenvalue weighted by atomic mass is 10.1. The highest BCUT2D eigenvalue weighted by molar-refractivity contribution is 9.10. The van der Waals surface area contributed by atoms with Gasteiger partial charge in [-0.05, 0) is 34.0 Å². The summed E-state index contributed by atoms with van der Waals surface area (Å²) in [6, 6.07) is 3.70. The lowest BCUT2D eigenvalue weighted by Gasteiger charge is -2.19. The van der Waals surface area contributed by atoms with Crippen LogP contribution < -0.4 is 5.32 Å². The van der Waals surface area contributed by atoms with E-state index >= 15 is 0 Å². The molecule has 5 heteroatoms. The van der Waals surface area contributed by atoms with Gasteiger partial charge in [-0.15, -0.1) is 0 Å². The summed E-state index contributed by atoms with van der Waals surface area (Å²) in [5, 5.41) is 3.68. The Hall–Kier alpha value is -0.420. The van der Waals surface area contributed by atoms with Gasteiger partial charge in [0.15, 0.2) is 0 Å². The highest BCUT2D eigenvalue weighted by Gasteiger charge is 2.18. The summed E-state index contributed by atoms with van der Waals surface area (Å²) in [5.41, 5.74) is 0.425. The third-order valence-electron chi connectivity index (χ3n) is 2.26. The van der Waals surface area contributed by atoms with Crippen molar-refractivity contribution in [3.05, 3.63) is 28.5 Å². The van der Waals surface area contributed by atoms with Crippen molar-refractivity contribution in [2.75, 3.05) is 5.33 Å². The van der Waals surface area contributed by atoms with Crippen LogP contribution in [0.1, 0.15) is 24.3 Å². The van der Waals surface area contributed by atoms with Crippen LogP contribution in [-0.4, -0.2) is 22.3 Å². The number of halogens is 2. The number of carbonyl (C=O) groups excluding carboxylic acids is 1. The summed E-state index contributed by atoms with van der Waals surface area (Å²) in [6.45, 7) is 4.14. The van der Waals surface area contributed by atoms with Crippen LogP contribution in [0.3, 0.4) is 0 Å². The Bertz CT molecular complexity index is 369. The summed E-state index contributed by atoms with van der Waals surface area (Å²) in [5.74, 6) is 0.233. The van der Waals surface area contributed by atoms with Gasteiger partial charge in [0.2, 0.25) is 0 Å². The zero-order valence-corrected chi connectivity index (χ0v) is 12.4. The largest absolute Gasteiger partial charge is 0.347 e. The Morgan fingerprint density at radius 3 is 2.75 bits per heavy atom. The Balaban J connectivity index is 2.76. The van der Waals surface area contributed by atoms with Crippen LogP contribution >= 0.6 is 31.9 Å². The SMILES string of the molecule is CC(C)C(CBr)NC(=O)c1ncccc1Br. The second-order valence-electron chi connectivity index (χ2n) is 3.81. The summed E-state index contributed by atoms with van der Waals surface area (Å²) >= 11 is 6.70. The maximum Gasteiger partial charge on any atom is 0.271 e. The van der Waals surface area contributed by atoms with E-state index < -0.39 is 0 Å². The van der Waals surface area contributed by atoms with Crippen LogP contribution in [0.4, 0.5) is 0 Å². The van der Waals surface area contributed by atoms with Crippen LogP contribution in [0.5, 0.6) is 0 Å². The minimum absolute atomic E-state index is 0.112. The molecule has 16 heavy (non-hydrogen) atoms. The van der Waals surface area contributed by atoms with Gasteiger partial charge in [0.1, 0.15) is 5.69 Å². The number of hydrogen-bond acceptors (Lipinski definition) is 2. The first kappa shape index (κ1) is 13.6. The Morgan fingerprint density at radius 1 is 1.56 bits per heavy atom. The molecule has 0 saturated heterocycles. The molecule has 1 N–H and O–H groups in total. The average molecular weight is 350 g/mol. The van der Waals surface area contributed by atoms with Gasteiger partial charge < -0.3 is 5.32 Å². The van der Waals surface area contributed by atoms with Gasteiger partial charge in [0.25, 0.3) is 5.91 Å².